The van der Waals surface area contributed by atoms with Crippen LogP contribution in [-0.4, -0.2) is 25.1 Å². The summed E-state index contributed by atoms with van der Waals surface area (Å²) in [6.45, 7) is 1.86. The third kappa shape index (κ3) is 4.95. The second-order valence-electron chi connectivity index (χ2n) is 5.59. The van der Waals surface area contributed by atoms with Crippen LogP contribution in [0.4, 0.5) is 5.69 Å². The third-order valence-corrected chi connectivity index (χ3v) is 4.80. The molecule has 0 radical (unpaired) electrons. The molecule has 1 aromatic heterocycles. The molecule has 2 aromatic carbocycles. The van der Waals surface area contributed by atoms with Gasteiger partial charge in [-0.1, -0.05) is 48.5 Å². The van der Waals surface area contributed by atoms with E-state index in [-0.39, 0.29) is 19.1 Å². The Balaban J connectivity index is 1.77. The summed E-state index contributed by atoms with van der Waals surface area (Å²) in [6.07, 6.45) is 0. The topological polar surface area (TPSA) is 64.6 Å². The maximum atomic E-state index is 12.3. The van der Waals surface area contributed by atoms with Crippen LogP contribution in [-0.2, 0) is 9.53 Å². The summed E-state index contributed by atoms with van der Waals surface area (Å²) in [7, 11) is 0. The molecule has 0 aliphatic carbocycles. The van der Waals surface area contributed by atoms with Crippen LogP contribution >= 0.6 is 11.3 Å². The molecule has 1 N–H and O–H groups in total. The molecule has 6 heteroatoms. The maximum Gasteiger partial charge on any atom is 0.350 e. The van der Waals surface area contributed by atoms with Crippen molar-refractivity contribution in [1.82, 2.24) is 0 Å². The van der Waals surface area contributed by atoms with E-state index in [9.17, 15) is 9.59 Å². The van der Waals surface area contributed by atoms with Gasteiger partial charge in [0.1, 0.15) is 10.6 Å². The van der Waals surface area contributed by atoms with Gasteiger partial charge in [0.2, 0.25) is 0 Å². The number of amides is 1. The van der Waals surface area contributed by atoms with Crippen molar-refractivity contribution in [3.05, 3.63) is 71.6 Å². The van der Waals surface area contributed by atoms with E-state index in [1.165, 1.54) is 11.3 Å². The highest BCUT2D eigenvalue weighted by molar-refractivity contribution is 7.18. The van der Waals surface area contributed by atoms with Crippen LogP contribution in [0.3, 0.4) is 0 Å². The zero-order valence-electron chi connectivity index (χ0n) is 14.8. The molecule has 0 saturated carbocycles. The number of hydrogen-bond acceptors (Lipinski definition) is 5. The van der Waals surface area contributed by atoms with Gasteiger partial charge in [0, 0.05) is 4.88 Å². The van der Waals surface area contributed by atoms with Crippen molar-refractivity contribution >= 4 is 28.9 Å². The summed E-state index contributed by atoms with van der Waals surface area (Å²) in [4.78, 5) is 25.8. The lowest BCUT2D eigenvalue weighted by Crippen LogP contribution is -2.21. The summed E-state index contributed by atoms with van der Waals surface area (Å²) in [6, 6.07) is 20.5. The summed E-state index contributed by atoms with van der Waals surface area (Å²) in [5, 5.41) is 2.76. The summed E-state index contributed by atoms with van der Waals surface area (Å²) >= 11 is 1.29. The Labute approximate surface area is 161 Å². The van der Waals surface area contributed by atoms with Crippen LogP contribution in [0.25, 0.3) is 10.4 Å². The lowest BCUT2D eigenvalue weighted by molar-refractivity contribution is -0.118. The average molecular weight is 381 g/mol. The number of nitrogens with one attached hydrogen (secondary N) is 1. The highest BCUT2D eigenvalue weighted by Crippen LogP contribution is 2.35. The molecule has 138 valence electrons. The van der Waals surface area contributed by atoms with Crippen LogP contribution in [0.1, 0.15) is 16.6 Å². The van der Waals surface area contributed by atoms with Crippen LogP contribution in [0.5, 0.6) is 5.75 Å². The van der Waals surface area contributed by atoms with Crippen molar-refractivity contribution < 1.29 is 19.1 Å². The summed E-state index contributed by atoms with van der Waals surface area (Å²) in [5.74, 6) is -0.195. The molecule has 1 amide bonds. The lowest BCUT2D eigenvalue weighted by atomic mass is 10.2. The SMILES string of the molecule is CCOC(=O)c1sc(-c2ccccc2)cc1NC(=O)COc1ccccc1. The molecule has 3 aromatic rings. The first kappa shape index (κ1) is 18.7. The normalized spacial score (nSPS) is 10.3. The van der Waals surface area contributed by atoms with Crippen molar-refractivity contribution in [2.75, 3.05) is 18.5 Å². The predicted molar refractivity (Wildman–Crippen MR) is 106 cm³/mol. The Morgan fingerprint density at radius 2 is 1.67 bits per heavy atom. The highest BCUT2D eigenvalue weighted by Gasteiger charge is 2.20. The minimum atomic E-state index is -0.455. The highest BCUT2D eigenvalue weighted by atomic mass is 32.1. The molecule has 5 nitrogen and oxygen atoms in total. The molecule has 0 saturated heterocycles. The van der Waals surface area contributed by atoms with E-state index < -0.39 is 5.97 Å². The Bertz CT molecular complexity index is 906. The number of anilines is 1. The van der Waals surface area contributed by atoms with Gasteiger partial charge in [-0.2, -0.15) is 0 Å². The molecule has 0 fully saturated rings. The van der Waals surface area contributed by atoms with Gasteiger partial charge < -0.3 is 14.8 Å². The largest absolute Gasteiger partial charge is 0.484 e. The minimum Gasteiger partial charge on any atom is -0.484 e. The Morgan fingerprint density at radius 3 is 2.33 bits per heavy atom. The molecule has 0 aliphatic rings. The van der Waals surface area contributed by atoms with E-state index >= 15 is 0 Å². The van der Waals surface area contributed by atoms with Gasteiger partial charge >= 0.3 is 5.97 Å². The predicted octanol–water partition coefficient (Wildman–Crippen LogP) is 4.61. The summed E-state index contributed by atoms with van der Waals surface area (Å²) in [5.41, 5.74) is 1.40. The number of thiophene rings is 1. The molecule has 3 rings (SSSR count). The second-order valence-corrected chi connectivity index (χ2v) is 6.64. The fourth-order valence-electron chi connectivity index (χ4n) is 2.43. The van der Waals surface area contributed by atoms with Gasteiger partial charge in [-0.25, -0.2) is 4.79 Å². The fourth-order valence-corrected chi connectivity index (χ4v) is 3.44. The minimum absolute atomic E-state index is 0.150. The third-order valence-electron chi connectivity index (χ3n) is 3.64. The first-order chi connectivity index (χ1) is 13.2. The molecular formula is C21H19NO4S. The van der Waals surface area contributed by atoms with Crippen LogP contribution in [0, 0.1) is 0 Å². The lowest BCUT2D eigenvalue weighted by Gasteiger charge is -2.08. The van der Waals surface area contributed by atoms with E-state index in [2.05, 4.69) is 5.32 Å². The molecule has 0 bridgehead atoms. The van der Waals surface area contributed by atoms with E-state index in [0.29, 0.717) is 16.3 Å². The number of para-hydroxylation sites is 1. The van der Waals surface area contributed by atoms with E-state index in [1.54, 1.807) is 25.1 Å². The van der Waals surface area contributed by atoms with Crippen molar-refractivity contribution in [3.63, 3.8) is 0 Å². The molecular weight excluding hydrogens is 362 g/mol. The summed E-state index contributed by atoms with van der Waals surface area (Å²) < 4.78 is 10.6. The van der Waals surface area contributed by atoms with Gasteiger partial charge in [0.15, 0.2) is 6.61 Å². The maximum absolute atomic E-state index is 12.3. The zero-order valence-corrected chi connectivity index (χ0v) is 15.6. The number of benzene rings is 2. The molecule has 0 atom stereocenters. The smallest absolute Gasteiger partial charge is 0.350 e. The van der Waals surface area contributed by atoms with Crippen molar-refractivity contribution in [1.29, 1.82) is 0 Å². The van der Waals surface area contributed by atoms with Crippen LogP contribution in [0.2, 0.25) is 0 Å². The van der Waals surface area contributed by atoms with Gasteiger partial charge in [0.25, 0.3) is 5.91 Å². The van der Waals surface area contributed by atoms with Crippen molar-refractivity contribution in [2.24, 2.45) is 0 Å². The van der Waals surface area contributed by atoms with Gasteiger partial charge in [-0.15, -0.1) is 11.3 Å². The fraction of sp³-hybridized carbons (Fsp3) is 0.143. The van der Waals surface area contributed by atoms with Crippen LogP contribution < -0.4 is 10.1 Å². The molecule has 0 spiro atoms. The van der Waals surface area contributed by atoms with E-state index in [1.807, 2.05) is 48.5 Å². The Morgan fingerprint density at radius 1 is 1.00 bits per heavy atom. The van der Waals surface area contributed by atoms with E-state index in [0.717, 1.165) is 10.4 Å². The molecule has 27 heavy (non-hydrogen) atoms. The average Bonchev–Trinajstić information content (AvgIpc) is 3.12. The number of ether oxygens (including phenoxy) is 2. The number of carbonyl (C=O) groups excluding carboxylic acids is 2. The number of esters is 1. The molecule has 0 unspecified atom stereocenters. The molecule has 0 aliphatic heterocycles. The monoisotopic (exact) mass is 381 g/mol. The molecule has 1 heterocycles. The van der Waals surface area contributed by atoms with Crippen LogP contribution in [0.15, 0.2) is 66.7 Å². The second kappa shape index (κ2) is 9.00. The first-order valence-corrected chi connectivity index (χ1v) is 9.33. The number of hydrogen-bond donors (Lipinski definition) is 1. The van der Waals surface area contributed by atoms with Crippen molar-refractivity contribution in [3.8, 4) is 16.2 Å². The van der Waals surface area contributed by atoms with Crippen molar-refractivity contribution in [2.45, 2.75) is 6.92 Å². The Kier molecular flexibility index (Phi) is 6.22. The Hall–Kier alpha value is -3.12. The van der Waals surface area contributed by atoms with E-state index in [4.69, 9.17) is 9.47 Å². The van der Waals surface area contributed by atoms with Gasteiger partial charge in [-0.3, -0.25) is 4.79 Å². The standard InChI is InChI=1S/C21H19NO4S/c1-2-25-21(24)20-17(13-18(27-20)15-9-5-3-6-10-15)22-19(23)14-26-16-11-7-4-8-12-16/h3-13H,2,14H2,1H3,(H,22,23). The first-order valence-electron chi connectivity index (χ1n) is 8.51. The number of rotatable bonds is 7. The number of carbonyl (C=O) groups is 2. The van der Waals surface area contributed by atoms with Gasteiger partial charge in [0.05, 0.1) is 12.3 Å². The zero-order chi connectivity index (χ0) is 19.1. The van der Waals surface area contributed by atoms with Gasteiger partial charge in [-0.05, 0) is 30.7 Å². The quantitative estimate of drug-likeness (QED) is 0.607.